The lowest BCUT2D eigenvalue weighted by atomic mass is 9.43. The number of ketones is 1. The number of hydrogen-bond acceptors (Lipinski definition) is 4. The minimum absolute atomic E-state index is 0.0694. The van der Waals surface area contributed by atoms with Crippen molar-refractivity contribution in [3.63, 3.8) is 0 Å². The molecule has 0 spiro atoms. The first-order valence-electron chi connectivity index (χ1n) is 11.2. The summed E-state index contributed by atoms with van der Waals surface area (Å²) in [6.45, 7) is 5.36. The highest BCUT2D eigenvalue weighted by atomic mass is 16.3. The zero-order valence-electron chi connectivity index (χ0n) is 17.0. The average molecular weight is 373 g/mol. The van der Waals surface area contributed by atoms with Gasteiger partial charge in [0.2, 0.25) is 0 Å². The first-order valence-corrected chi connectivity index (χ1v) is 11.2. The van der Waals surface area contributed by atoms with E-state index in [0.29, 0.717) is 41.9 Å². The molecule has 0 aromatic rings. The van der Waals surface area contributed by atoms with Crippen molar-refractivity contribution in [2.75, 3.05) is 6.54 Å². The van der Waals surface area contributed by atoms with Crippen molar-refractivity contribution < 1.29 is 4.79 Å². The minimum atomic E-state index is -0.125. The van der Waals surface area contributed by atoms with Gasteiger partial charge >= 0.3 is 0 Å². The summed E-state index contributed by atoms with van der Waals surface area (Å²) in [5.41, 5.74) is 5.71. The molecule has 4 saturated carbocycles. The molecule has 2 N–H and O–H groups in total. The molecule has 4 nitrogen and oxygen atoms in total. The van der Waals surface area contributed by atoms with Crippen LogP contribution in [0.2, 0.25) is 0 Å². The number of rotatable bonds is 4. The third kappa shape index (κ3) is 2.94. The van der Waals surface area contributed by atoms with Gasteiger partial charge in [0.1, 0.15) is 5.78 Å². The fourth-order valence-electron chi connectivity index (χ4n) is 7.78. The molecular formula is C23H36N2O2. The summed E-state index contributed by atoms with van der Waals surface area (Å²) < 4.78 is 0. The normalized spacial score (nSPS) is 49.5. The van der Waals surface area contributed by atoms with Gasteiger partial charge in [0.05, 0.1) is 6.04 Å². The number of nitrogens with zero attached hydrogens (tertiary/aromatic N) is 1. The molecular weight excluding hydrogens is 336 g/mol. The Bertz CT molecular complexity index is 632. The molecule has 4 aliphatic rings. The van der Waals surface area contributed by atoms with E-state index in [9.17, 15) is 9.70 Å². The van der Waals surface area contributed by atoms with Gasteiger partial charge in [-0.25, -0.2) is 0 Å². The number of carbonyl (C=O) groups excluding carboxylic acids is 1. The van der Waals surface area contributed by atoms with Crippen molar-refractivity contribution in [3.8, 4) is 0 Å². The minimum Gasteiger partial charge on any atom is -0.330 e. The van der Waals surface area contributed by atoms with Crippen LogP contribution in [0.1, 0.15) is 71.6 Å². The highest BCUT2D eigenvalue weighted by molar-refractivity contribution is 5.87. The van der Waals surface area contributed by atoms with Crippen LogP contribution in [0.25, 0.3) is 0 Å². The molecule has 2 unspecified atom stereocenters. The number of allylic oxidation sites excluding steroid dienone is 1. The first kappa shape index (κ1) is 19.3. The molecule has 150 valence electrons. The van der Waals surface area contributed by atoms with E-state index in [1.165, 1.54) is 12.8 Å². The predicted molar refractivity (Wildman–Crippen MR) is 108 cm³/mol. The van der Waals surface area contributed by atoms with Crippen molar-refractivity contribution in [1.29, 1.82) is 0 Å². The maximum atomic E-state index is 12.6. The topological polar surface area (TPSA) is 72.5 Å². The van der Waals surface area contributed by atoms with Crippen molar-refractivity contribution in [2.24, 2.45) is 51.3 Å². The molecule has 4 heteroatoms. The molecule has 0 aromatic carbocycles. The quantitative estimate of drug-likeness (QED) is 0.565. The summed E-state index contributed by atoms with van der Waals surface area (Å²) in [6.07, 6.45) is 13.9. The fraction of sp³-hybridized carbons (Fsp3) is 0.870. The van der Waals surface area contributed by atoms with E-state index in [1.54, 1.807) is 0 Å². The van der Waals surface area contributed by atoms with E-state index in [0.717, 1.165) is 44.9 Å². The molecule has 0 aliphatic heterocycles. The van der Waals surface area contributed by atoms with Gasteiger partial charge in [0.15, 0.2) is 0 Å². The van der Waals surface area contributed by atoms with E-state index in [2.05, 4.69) is 31.2 Å². The third-order valence-corrected chi connectivity index (χ3v) is 9.31. The number of fused-ring (bicyclic) bond motifs is 5. The fourth-order valence-corrected chi connectivity index (χ4v) is 7.78. The number of nitroso groups, excluding NO2 is 1. The van der Waals surface area contributed by atoms with E-state index in [4.69, 9.17) is 5.73 Å². The second kappa shape index (κ2) is 7.09. The molecule has 0 bridgehead atoms. The number of carbonyl (C=O) groups is 1. The summed E-state index contributed by atoms with van der Waals surface area (Å²) in [4.78, 5) is 24.5. The Morgan fingerprint density at radius 3 is 2.67 bits per heavy atom. The molecule has 0 radical (unpaired) electrons. The second-order valence-corrected chi connectivity index (χ2v) is 10.4. The van der Waals surface area contributed by atoms with Gasteiger partial charge in [-0.1, -0.05) is 31.2 Å². The monoisotopic (exact) mass is 372 g/mol. The van der Waals surface area contributed by atoms with Gasteiger partial charge in [-0.05, 0) is 92.9 Å². The summed E-state index contributed by atoms with van der Waals surface area (Å²) >= 11 is 0. The number of nitrogens with two attached hydrogens (primary N) is 1. The zero-order chi connectivity index (χ0) is 19.2. The van der Waals surface area contributed by atoms with Crippen LogP contribution in [0, 0.1) is 45.3 Å². The van der Waals surface area contributed by atoms with Gasteiger partial charge in [0.25, 0.3) is 0 Å². The van der Waals surface area contributed by atoms with E-state index in [-0.39, 0.29) is 16.9 Å². The van der Waals surface area contributed by atoms with E-state index in [1.807, 2.05) is 0 Å². The molecule has 0 heterocycles. The van der Waals surface area contributed by atoms with Crippen LogP contribution < -0.4 is 5.73 Å². The molecule has 4 rings (SSSR count). The number of Topliss-reactive ketones (excluding diaryl/α,β-unsaturated/α-hetero) is 1. The van der Waals surface area contributed by atoms with E-state index >= 15 is 0 Å². The SMILES string of the molecule is C[C@]12CC[C@H](C=CCCN)CC1C(N=O)C[C@@H]1[C@@H]2CC[C@]2(C)C(=O)CC[C@@H]12. The summed E-state index contributed by atoms with van der Waals surface area (Å²) in [6, 6.07) is -0.0694. The Kier molecular flexibility index (Phi) is 5.07. The van der Waals surface area contributed by atoms with Gasteiger partial charge in [-0.3, -0.25) is 4.79 Å². The lowest BCUT2D eigenvalue weighted by Gasteiger charge is -2.61. The Morgan fingerprint density at radius 1 is 1.11 bits per heavy atom. The molecule has 4 aliphatic carbocycles. The van der Waals surface area contributed by atoms with Crippen molar-refractivity contribution in [2.45, 2.75) is 77.7 Å². The van der Waals surface area contributed by atoms with Crippen LogP contribution in [0.15, 0.2) is 17.3 Å². The zero-order valence-corrected chi connectivity index (χ0v) is 17.0. The van der Waals surface area contributed by atoms with Gasteiger partial charge < -0.3 is 5.73 Å². The maximum Gasteiger partial charge on any atom is 0.139 e. The highest BCUT2D eigenvalue weighted by Gasteiger charge is 2.62. The van der Waals surface area contributed by atoms with Crippen LogP contribution in [0.3, 0.4) is 0 Å². The lowest BCUT2D eigenvalue weighted by molar-refractivity contribution is -0.141. The van der Waals surface area contributed by atoms with Crippen LogP contribution in [0.4, 0.5) is 0 Å². The predicted octanol–water partition coefficient (Wildman–Crippen LogP) is 4.86. The van der Waals surface area contributed by atoms with Crippen molar-refractivity contribution >= 4 is 5.78 Å². The average Bonchev–Trinajstić information content (AvgIpc) is 2.96. The molecule has 0 saturated heterocycles. The summed E-state index contributed by atoms with van der Waals surface area (Å²) in [5.74, 6) is 3.11. The van der Waals surface area contributed by atoms with Gasteiger partial charge in [-0.2, -0.15) is 4.91 Å². The molecule has 27 heavy (non-hydrogen) atoms. The molecule has 8 atom stereocenters. The number of hydrogen-bond donors (Lipinski definition) is 1. The summed E-state index contributed by atoms with van der Waals surface area (Å²) in [7, 11) is 0. The standard InChI is InChI=1S/C23H36N2O2/c1-22-10-8-15(5-3-4-12-24)13-19(22)20(25-27)14-16-17-6-7-21(26)23(17,2)11-9-18(16)22/h3,5,15-20H,4,6-14,24H2,1-2H3/t15-,16-,17-,18-,19?,20?,22+,23-/m0/s1. The summed E-state index contributed by atoms with van der Waals surface area (Å²) in [5, 5.41) is 3.68. The Balaban J connectivity index is 1.59. The van der Waals surface area contributed by atoms with Crippen LogP contribution >= 0.6 is 0 Å². The third-order valence-electron chi connectivity index (χ3n) is 9.31. The van der Waals surface area contributed by atoms with Crippen LogP contribution in [0.5, 0.6) is 0 Å². The highest BCUT2D eigenvalue weighted by Crippen LogP contribution is 2.66. The Morgan fingerprint density at radius 2 is 1.93 bits per heavy atom. The van der Waals surface area contributed by atoms with Crippen molar-refractivity contribution in [3.05, 3.63) is 17.1 Å². The van der Waals surface area contributed by atoms with E-state index < -0.39 is 0 Å². The molecule has 0 amide bonds. The van der Waals surface area contributed by atoms with Crippen molar-refractivity contribution in [1.82, 2.24) is 0 Å². The van der Waals surface area contributed by atoms with Gasteiger partial charge in [0, 0.05) is 11.8 Å². The Labute approximate surface area is 163 Å². The first-order chi connectivity index (χ1) is 12.9. The molecule has 0 aromatic heterocycles. The smallest absolute Gasteiger partial charge is 0.139 e. The lowest BCUT2D eigenvalue weighted by Crippen LogP contribution is -2.57. The molecule has 4 fully saturated rings. The Hall–Kier alpha value is -1.03. The van der Waals surface area contributed by atoms with Crippen LogP contribution in [-0.4, -0.2) is 18.4 Å². The maximum absolute atomic E-state index is 12.6. The largest absolute Gasteiger partial charge is 0.330 e. The van der Waals surface area contributed by atoms with Gasteiger partial charge in [-0.15, -0.1) is 0 Å². The van der Waals surface area contributed by atoms with Crippen LogP contribution in [-0.2, 0) is 4.79 Å². The second-order valence-electron chi connectivity index (χ2n) is 10.4.